The number of benzene rings is 1. The molecule has 0 saturated carbocycles. The lowest BCUT2D eigenvalue weighted by atomic mass is 9.89. The zero-order valence-electron chi connectivity index (χ0n) is 12.4. The summed E-state index contributed by atoms with van der Waals surface area (Å²) in [5.41, 5.74) is 7.23. The number of amides is 1. The van der Waals surface area contributed by atoms with E-state index in [-0.39, 0.29) is 11.8 Å². The number of hydrogen-bond acceptors (Lipinski definition) is 3. The van der Waals surface area contributed by atoms with Gasteiger partial charge in [-0.25, -0.2) is 0 Å². The van der Waals surface area contributed by atoms with Crippen LogP contribution in [0.2, 0.25) is 0 Å². The standard InChI is InChI=1S/C17H24N2O2/c18-9-15-10-19(17(20)14-7-4-8-21-12-14)11-16(15)13-5-2-1-3-6-13/h1-3,5-6,14-16H,4,7-12,18H2/t14?,15-,16+/m1/s1. The molecule has 0 aromatic heterocycles. The first kappa shape index (κ1) is 14.5. The molecular weight excluding hydrogens is 264 g/mol. The summed E-state index contributed by atoms with van der Waals surface area (Å²) < 4.78 is 5.46. The van der Waals surface area contributed by atoms with Crippen LogP contribution in [0.15, 0.2) is 30.3 Å². The summed E-state index contributed by atoms with van der Waals surface area (Å²) in [5.74, 6) is 1.03. The normalized spacial score (nSPS) is 29.6. The molecule has 21 heavy (non-hydrogen) atoms. The first-order valence-corrected chi connectivity index (χ1v) is 7.91. The highest BCUT2D eigenvalue weighted by atomic mass is 16.5. The van der Waals surface area contributed by atoms with Gasteiger partial charge in [0.1, 0.15) is 0 Å². The summed E-state index contributed by atoms with van der Waals surface area (Å²) in [4.78, 5) is 14.7. The van der Waals surface area contributed by atoms with Gasteiger partial charge in [0, 0.05) is 25.6 Å². The molecule has 2 saturated heterocycles. The minimum atomic E-state index is 0.0479. The van der Waals surface area contributed by atoms with E-state index in [2.05, 4.69) is 24.3 Å². The van der Waals surface area contributed by atoms with Crippen LogP contribution in [-0.2, 0) is 9.53 Å². The van der Waals surface area contributed by atoms with Crippen LogP contribution < -0.4 is 5.73 Å². The van der Waals surface area contributed by atoms with Crippen molar-refractivity contribution < 1.29 is 9.53 Å². The molecule has 3 atom stereocenters. The van der Waals surface area contributed by atoms with Crippen molar-refractivity contribution in [3.63, 3.8) is 0 Å². The van der Waals surface area contributed by atoms with Crippen molar-refractivity contribution in [2.24, 2.45) is 17.6 Å². The van der Waals surface area contributed by atoms with E-state index in [4.69, 9.17) is 10.5 Å². The largest absolute Gasteiger partial charge is 0.381 e. The van der Waals surface area contributed by atoms with Crippen molar-refractivity contribution in [1.29, 1.82) is 0 Å². The second-order valence-electron chi connectivity index (χ2n) is 6.17. The van der Waals surface area contributed by atoms with Gasteiger partial charge in [-0.05, 0) is 30.9 Å². The smallest absolute Gasteiger partial charge is 0.228 e. The van der Waals surface area contributed by atoms with Gasteiger partial charge in [0.25, 0.3) is 0 Å². The van der Waals surface area contributed by atoms with Gasteiger partial charge < -0.3 is 15.4 Å². The summed E-state index contributed by atoms with van der Waals surface area (Å²) in [5, 5.41) is 0. The molecule has 2 heterocycles. The first-order valence-electron chi connectivity index (χ1n) is 7.91. The summed E-state index contributed by atoms with van der Waals surface area (Å²) in [6.45, 7) is 3.58. The van der Waals surface area contributed by atoms with E-state index >= 15 is 0 Å². The van der Waals surface area contributed by atoms with Crippen molar-refractivity contribution in [2.45, 2.75) is 18.8 Å². The Kier molecular flexibility index (Phi) is 4.56. The van der Waals surface area contributed by atoms with E-state index in [1.165, 1.54) is 5.56 Å². The highest BCUT2D eigenvalue weighted by molar-refractivity contribution is 5.79. The van der Waals surface area contributed by atoms with Crippen LogP contribution in [0.3, 0.4) is 0 Å². The van der Waals surface area contributed by atoms with Crippen molar-refractivity contribution in [3.8, 4) is 0 Å². The Morgan fingerprint density at radius 3 is 2.76 bits per heavy atom. The molecule has 4 heteroatoms. The molecule has 1 amide bonds. The number of carbonyl (C=O) groups is 1. The van der Waals surface area contributed by atoms with Crippen LogP contribution in [-0.4, -0.2) is 43.7 Å². The van der Waals surface area contributed by atoms with Crippen LogP contribution in [0, 0.1) is 11.8 Å². The average Bonchev–Trinajstić information content (AvgIpc) is 3.00. The number of nitrogens with two attached hydrogens (primary N) is 1. The van der Waals surface area contributed by atoms with Crippen LogP contribution in [0.1, 0.15) is 24.3 Å². The molecule has 1 aromatic carbocycles. The Labute approximate surface area is 126 Å². The SMILES string of the molecule is NC[C@@H]1CN(C(=O)C2CCCOC2)C[C@H]1c1ccccc1. The van der Waals surface area contributed by atoms with Crippen LogP contribution in [0.5, 0.6) is 0 Å². The van der Waals surface area contributed by atoms with Gasteiger partial charge in [0.15, 0.2) is 0 Å². The van der Waals surface area contributed by atoms with E-state index in [0.29, 0.717) is 25.0 Å². The maximum atomic E-state index is 12.6. The predicted molar refractivity (Wildman–Crippen MR) is 81.9 cm³/mol. The summed E-state index contributed by atoms with van der Waals surface area (Å²) in [6.07, 6.45) is 1.95. The van der Waals surface area contributed by atoms with E-state index in [9.17, 15) is 4.79 Å². The lowest BCUT2D eigenvalue weighted by Gasteiger charge is -2.26. The monoisotopic (exact) mass is 288 g/mol. The highest BCUT2D eigenvalue weighted by Crippen LogP contribution is 2.33. The number of rotatable bonds is 3. The van der Waals surface area contributed by atoms with E-state index in [1.54, 1.807) is 0 Å². The van der Waals surface area contributed by atoms with E-state index < -0.39 is 0 Å². The lowest BCUT2D eigenvalue weighted by molar-refractivity contribution is -0.138. The molecule has 2 aliphatic heterocycles. The van der Waals surface area contributed by atoms with Gasteiger partial charge in [-0.2, -0.15) is 0 Å². The van der Waals surface area contributed by atoms with Crippen molar-refractivity contribution >= 4 is 5.91 Å². The Morgan fingerprint density at radius 1 is 1.29 bits per heavy atom. The van der Waals surface area contributed by atoms with E-state index in [1.807, 2.05) is 11.0 Å². The van der Waals surface area contributed by atoms with Gasteiger partial charge >= 0.3 is 0 Å². The van der Waals surface area contributed by atoms with Gasteiger partial charge in [-0.15, -0.1) is 0 Å². The first-order chi connectivity index (χ1) is 10.3. The number of carbonyl (C=O) groups excluding carboxylic acids is 1. The van der Waals surface area contributed by atoms with E-state index in [0.717, 1.165) is 32.5 Å². The van der Waals surface area contributed by atoms with Gasteiger partial charge in [0.2, 0.25) is 5.91 Å². The van der Waals surface area contributed by atoms with Gasteiger partial charge in [-0.3, -0.25) is 4.79 Å². The fraction of sp³-hybridized carbons (Fsp3) is 0.588. The maximum Gasteiger partial charge on any atom is 0.228 e. The zero-order valence-corrected chi connectivity index (χ0v) is 12.4. The quantitative estimate of drug-likeness (QED) is 0.919. The Balaban J connectivity index is 1.70. The molecule has 0 radical (unpaired) electrons. The molecule has 2 N–H and O–H groups in total. The minimum absolute atomic E-state index is 0.0479. The average molecular weight is 288 g/mol. The van der Waals surface area contributed by atoms with Crippen LogP contribution in [0.25, 0.3) is 0 Å². The third kappa shape index (κ3) is 3.11. The van der Waals surface area contributed by atoms with Crippen molar-refractivity contribution in [2.75, 3.05) is 32.8 Å². The molecule has 0 bridgehead atoms. The van der Waals surface area contributed by atoms with Crippen molar-refractivity contribution in [3.05, 3.63) is 35.9 Å². The Hall–Kier alpha value is -1.39. The summed E-state index contributed by atoms with van der Waals surface area (Å²) in [6, 6.07) is 10.4. The number of hydrogen-bond donors (Lipinski definition) is 1. The second-order valence-corrected chi connectivity index (χ2v) is 6.17. The van der Waals surface area contributed by atoms with Crippen LogP contribution in [0.4, 0.5) is 0 Å². The highest BCUT2D eigenvalue weighted by Gasteiger charge is 2.37. The molecule has 2 aliphatic rings. The third-order valence-electron chi connectivity index (χ3n) is 4.79. The minimum Gasteiger partial charge on any atom is -0.381 e. The molecule has 2 fully saturated rings. The Morgan fingerprint density at radius 2 is 2.10 bits per heavy atom. The summed E-state index contributed by atoms with van der Waals surface area (Å²) >= 11 is 0. The molecule has 0 aliphatic carbocycles. The molecular formula is C17H24N2O2. The number of ether oxygens (including phenoxy) is 1. The lowest BCUT2D eigenvalue weighted by Crippen LogP contribution is -2.38. The number of likely N-dealkylation sites (tertiary alicyclic amines) is 1. The predicted octanol–water partition coefficient (Wildman–Crippen LogP) is 1.61. The fourth-order valence-corrected chi connectivity index (χ4v) is 3.56. The zero-order chi connectivity index (χ0) is 14.7. The summed E-state index contributed by atoms with van der Waals surface area (Å²) in [7, 11) is 0. The second kappa shape index (κ2) is 6.58. The van der Waals surface area contributed by atoms with Gasteiger partial charge in [-0.1, -0.05) is 30.3 Å². The topological polar surface area (TPSA) is 55.6 Å². The fourth-order valence-electron chi connectivity index (χ4n) is 3.56. The van der Waals surface area contributed by atoms with Crippen LogP contribution >= 0.6 is 0 Å². The molecule has 4 nitrogen and oxygen atoms in total. The molecule has 0 spiro atoms. The molecule has 114 valence electrons. The molecule has 1 aromatic rings. The van der Waals surface area contributed by atoms with Gasteiger partial charge in [0.05, 0.1) is 12.5 Å². The number of nitrogens with zero attached hydrogens (tertiary/aromatic N) is 1. The maximum absolute atomic E-state index is 12.6. The van der Waals surface area contributed by atoms with Crippen molar-refractivity contribution in [1.82, 2.24) is 4.90 Å². The molecule has 1 unspecified atom stereocenters. The Bertz CT molecular complexity index is 471. The third-order valence-corrected chi connectivity index (χ3v) is 4.79. The molecule has 3 rings (SSSR count).